The lowest BCUT2D eigenvalue weighted by Gasteiger charge is -2.23. The third-order valence-corrected chi connectivity index (χ3v) is 3.37. The van der Waals surface area contributed by atoms with E-state index in [9.17, 15) is 4.79 Å². The van der Waals surface area contributed by atoms with Crippen LogP contribution < -0.4 is 0 Å². The third-order valence-electron chi connectivity index (χ3n) is 3.37. The Hall–Kier alpha value is -0.610. The van der Waals surface area contributed by atoms with Crippen molar-refractivity contribution in [1.29, 1.82) is 0 Å². The van der Waals surface area contributed by atoms with Gasteiger partial charge in [-0.05, 0) is 52.6 Å². The van der Waals surface area contributed by atoms with Gasteiger partial charge in [0.05, 0.1) is 12.0 Å². The summed E-state index contributed by atoms with van der Waals surface area (Å²) in [4.78, 5) is 13.1. The van der Waals surface area contributed by atoms with E-state index in [2.05, 4.69) is 4.90 Å². The van der Waals surface area contributed by atoms with E-state index in [0.717, 1.165) is 32.2 Å². The van der Waals surface area contributed by atoms with Gasteiger partial charge in [0, 0.05) is 13.2 Å². The molecule has 1 aliphatic rings. The molecule has 0 aromatic heterocycles. The molecule has 1 aliphatic carbocycles. The Morgan fingerprint density at radius 2 is 2.06 bits per heavy atom. The fourth-order valence-corrected chi connectivity index (χ4v) is 1.44. The van der Waals surface area contributed by atoms with Crippen LogP contribution in [-0.4, -0.2) is 49.3 Å². The summed E-state index contributed by atoms with van der Waals surface area (Å²) in [6.45, 7) is 6.86. The molecular weight excluding hydrogens is 218 g/mol. The third kappa shape index (κ3) is 6.03. The Kier molecular flexibility index (Phi) is 5.40. The van der Waals surface area contributed by atoms with Crippen molar-refractivity contribution in [3.8, 4) is 0 Å². The lowest BCUT2D eigenvalue weighted by molar-refractivity contribution is -0.147. The predicted molar refractivity (Wildman–Crippen MR) is 67.1 cm³/mol. The van der Waals surface area contributed by atoms with E-state index in [1.165, 1.54) is 12.8 Å². The number of carboxylic acids is 1. The zero-order chi connectivity index (χ0) is 12.9. The zero-order valence-corrected chi connectivity index (χ0v) is 11.2. The second-order valence-electron chi connectivity index (χ2n) is 5.76. The van der Waals surface area contributed by atoms with Crippen LogP contribution in [0.4, 0.5) is 0 Å². The lowest BCUT2D eigenvalue weighted by Crippen LogP contribution is -2.31. The highest BCUT2D eigenvalue weighted by Gasteiger charge is 2.26. The Morgan fingerprint density at radius 3 is 2.59 bits per heavy atom. The second-order valence-corrected chi connectivity index (χ2v) is 5.76. The van der Waals surface area contributed by atoms with Crippen molar-refractivity contribution in [2.75, 3.05) is 33.4 Å². The van der Waals surface area contributed by atoms with Crippen LogP contribution in [0.5, 0.6) is 0 Å². The summed E-state index contributed by atoms with van der Waals surface area (Å²) < 4.78 is 5.55. The Balaban J connectivity index is 2.03. The van der Waals surface area contributed by atoms with Crippen LogP contribution in [0, 0.1) is 11.3 Å². The monoisotopic (exact) mass is 243 g/mol. The fourth-order valence-electron chi connectivity index (χ4n) is 1.44. The predicted octanol–water partition coefficient (Wildman–Crippen LogP) is 1.85. The minimum Gasteiger partial charge on any atom is -0.481 e. The molecule has 0 aliphatic heterocycles. The average Bonchev–Trinajstić information content (AvgIpc) is 3.05. The molecular formula is C13H25NO3. The highest BCUT2D eigenvalue weighted by Crippen LogP contribution is 2.28. The normalized spacial score (nSPS) is 16.5. The van der Waals surface area contributed by atoms with Crippen LogP contribution in [0.1, 0.15) is 33.1 Å². The average molecular weight is 243 g/mol. The maximum absolute atomic E-state index is 10.9. The molecule has 100 valence electrons. The summed E-state index contributed by atoms with van der Waals surface area (Å²) in [6.07, 6.45) is 3.31. The quantitative estimate of drug-likeness (QED) is 0.628. The number of aliphatic carboxylic acids is 1. The molecule has 0 aromatic carbocycles. The van der Waals surface area contributed by atoms with E-state index in [1.54, 1.807) is 13.8 Å². The minimum atomic E-state index is -0.726. The smallest absolute Gasteiger partial charge is 0.309 e. The van der Waals surface area contributed by atoms with E-state index in [1.807, 2.05) is 7.05 Å². The first-order chi connectivity index (χ1) is 7.92. The summed E-state index contributed by atoms with van der Waals surface area (Å²) in [5.41, 5.74) is -0.636. The van der Waals surface area contributed by atoms with Crippen molar-refractivity contribution in [3.05, 3.63) is 0 Å². The molecule has 0 radical (unpaired) electrons. The Morgan fingerprint density at radius 1 is 1.41 bits per heavy atom. The maximum Gasteiger partial charge on any atom is 0.309 e. The summed E-state index contributed by atoms with van der Waals surface area (Å²) in [5, 5.41) is 8.99. The maximum atomic E-state index is 10.9. The van der Waals surface area contributed by atoms with E-state index in [0.29, 0.717) is 6.42 Å². The van der Waals surface area contributed by atoms with E-state index in [-0.39, 0.29) is 0 Å². The molecule has 0 heterocycles. The van der Waals surface area contributed by atoms with Crippen LogP contribution in [0.3, 0.4) is 0 Å². The topological polar surface area (TPSA) is 49.8 Å². The summed E-state index contributed by atoms with van der Waals surface area (Å²) in [5.74, 6) is 0.0853. The second kappa shape index (κ2) is 6.36. The van der Waals surface area contributed by atoms with E-state index >= 15 is 0 Å². The number of hydrogen-bond acceptors (Lipinski definition) is 3. The molecule has 0 aromatic rings. The van der Waals surface area contributed by atoms with Gasteiger partial charge in [0.15, 0.2) is 0 Å². The van der Waals surface area contributed by atoms with Gasteiger partial charge in [0.1, 0.15) is 0 Å². The van der Waals surface area contributed by atoms with Crippen molar-refractivity contribution < 1.29 is 14.6 Å². The van der Waals surface area contributed by atoms with Gasteiger partial charge >= 0.3 is 5.97 Å². The summed E-state index contributed by atoms with van der Waals surface area (Å²) in [7, 11) is 2.01. The number of carboxylic acid groups (broad SMARTS) is 1. The van der Waals surface area contributed by atoms with Gasteiger partial charge < -0.3 is 14.7 Å². The molecule has 1 rings (SSSR count). The molecule has 0 atom stereocenters. The highest BCUT2D eigenvalue weighted by molar-refractivity contribution is 5.73. The van der Waals surface area contributed by atoms with Crippen molar-refractivity contribution in [1.82, 2.24) is 4.90 Å². The molecule has 0 amide bonds. The lowest BCUT2D eigenvalue weighted by atomic mass is 9.89. The first-order valence-electron chi connectivity index (χ1n) is 6.41. The van der Waals surface area contributed by atoms with Crippen molar-refractivity contribution in [3.63, 3.8) is 0 Å². The molecule has 17 heavy (non-hydrogen) atoms. The molecule has 0 unspecified atom stereocenters. The fraction of sp³-hybridized carbons (Fsp3) is 0.923. The van der Waals surface area contributed by atoms with Crippen LogP contribution in [0.2, 0.25) is 0 Å². The number of rotatable bonds is 9. The van der Waals surface area contributed by atoms with Crippen molar-refractivity contribution >= 4 is 5.97 Å². The molecule has 1 saturated carbocycles. The molecule has 0 saturated heterocycles. The van der Waals surface area contributed by atoms with Gasteiger partial charge in [-0.1, -0.05) is 0 Å². The Labute approximate surface area is 104 Å². The van der Waals surface area contributed by atoms with Crippen LogP contribution in [0.15, 0.2) is 0 Å². The van der Waals surface area contributed by atoms with Crippen molar-refractivity contribution in [2.24, 2.45) is 11.3 Å². The first kappa shape index (κ1) is 14.5. The molecule has 0 bridgehead atoms. The standard InChI is InChI=1S/C13H25NO3/c1-13(2,12(15)16)6-7-14(3)8-9-17-10-11-4-5-11/h11H,4-10H2,1-3H3,(H,15,16). The SMILES string of the molecule is CN(CCOCC1CC1)CCC(C)(C)C(=O)O. The van der Waals surface area contributed by atoms with Crippen molar-refractivity contribution in [2.45, 2.75) is 33.1 Å². The van der Waals surface area contributed by atoms with Crippen LogP contribution >= 0.6 is 0 Å². The van der Waals surface area contributed by atoms with E-state index in [4.69, 9.17) is 9.84 Å². The number of ether oxygens (including phenoxy) is 1. The molecule has 1 N–H and O–H groups in total. The van der Waals surface area contributed by atoms with Crippen LogP contribution in [0.25, 0.3) is 0 Å². The minimum absolute atomic E-state index is 0.636. The van der Waals surface area contributed by atoms with Gasteiger partial charge in [0.2, 0.25) is 0 Å². The van der Waals surface area contributed by atoms with Gasteiger partial charge in [-0.2, -0.15) is 0 Å². The molecule has 4 nitrogen and oxygen atoms in total. The first-order valence-corrected chi connectivity index (χ1v) is 6.41. The summed E-state index contributed by atoms with van der Waals surface area (Å²) in [6, 6.07) is 0. The molecule has 4 heteroatoms. The van der Waals surface area contributed by atoms with Gasteiger partial charge in [-0.25, -0.2) is 0 Å². The van der Waals surface area contributed by atoms with E-state index < -0.39 is 11.4 Å². The van der Waals surface area contributed by atoms with Gasteiger partial charge in [-0.3, -0.25) is 4.79 Å². The largest absolute Gasteiger partial charge is 0.481 e. The number of nitrogens with zero attached hydrogens (tertiary/aromatic N) is 1. The number of hydrogen-bond donors (Lipinski definition) is 1. The summed E-state index contributed by atoms with van der Waals surface area (Å²) >= 11 is 0. The molecule has 1 fully saturated rings. The highest BCUT2D eigenvalue weighted by atomic mass is 16.5. The number of carbonyl (C=O) groups is 1. The Bertz CT molecular complexity index is 249. The zero-order valence-electron chi connectivity index (χ0n) is 11.2. The van der Waals surface area contributed by atoms with Gasteiger partial charge in [-0.15, -0.1) is 0 Å². The van der Waals surface area contributed by atoms with Crippen LogP contribution in [-0.2, 0) is 9.53 Å². The molecule has 0 spiro atoms. The van der Waals surface area contributed by atoms with Gasteiger partial charge in [0.25, 0.3) is 0 Å². The number of likely N-dealkylation sites (N-methyl/N-ethyl adjacent to an activating group) is 1.